The van der Waals surface area contributed by atoms with Crippen molar-refractivity contribution >= 4 is 11.4 Å². The molecule has 0 unspecified atom stereocenters. The molecule has 2 aromatic carbocycles. The van der Waals surface area contributed by atoms with Crippen LogP contribution in [0.3, 0.4) is 0 Å². The van der Waals surface area contributed by atoms with E-state index in [9.17, 15) is 0 Å². The molecule has 0 aliphatic carbocycles. The van der Waals surface area contributed by atoms with Gasteiger partial charge < -0.3 is 10.2 Å². The molecule has 0 fully saturated rings. The van der Waals surface area contributed by atoms with Gasteiger partial charge in [0.25, 0.3) is 0 Å². The average Bonchev–Trinajstić information content (AvgIpc) is 2.53. The highest BCUT2D eigenvalue weighted by Gasteiger charge is 2.04. The lowest BCUT2D eigenvalue weighted by Gasteiger charge is -2.20. The Bertz CT molecular complexity index is 541. The highest BCUT2D eigenvalue weighted by atomic mass is 15.1. The number of hydrogen-bond donors (Lipinski definition) is 1. The minimum absolute atomic E-state index is 0.518. The lowest BCUT2D eigenvalue weighted by atomic mass is 10.1. The fourth-order valence-corrected chi connectivity index (χ4v) is 2.26. The maximum atomic E-state index is 3.44. The predicted molar refractivity (Wildman–Crippen MR) is 92.3 cm³/mol. The van der Waals surface area contributed by atoms with Crippen LogP contribution in [-0.2, 0) is 13.0 Å². The SMILES string of the molecule is CCc1ccc(N(C)c2ccc(CNC(C)C)cc2)cc1. The topological polar surface area (TPSA) is 15.3 Å². The Morgan fingerprint density at radius 3 is 1.76 bits per heavy atom. The Balaban J connectivity index is 2.06. The summed E-state index contributed by atoms with van der Waals surface area (Å²) in [6.45, 7) is 7.44. The van der Waals surface area contributed by atoms with Gasteiger partial charge in [0.05, 0.1) is 0 Å². The van der Waals surface area contributed by atoms with Crippen LogP contribution in [0.1, 0.15) is 31.9 Å². The average molecular weight is 282 g/mol. The number of benzene rings is 2. The minimum atomic E-state index is 0.518. The molecular formula is C19H26N2. The highest BCUT2D eigenvalue weighted by Crippen LogP contribution is 2.24. The fraction of sp³-hybridized carbons (Fsp3) is 0.368. The van der Waals surface area contributed by atoms with Crippen molar-refractivity contribution in [1.82, 2.24) is 5.32 Å². The Kier molecular flexibility index (Phi) is 5.40. The molecule has 112 valence electrons. The van der Waals surface area contributed by atoms with Gasteiger partial charge in [-0.15, -0.1) is 0 Å². The molecule has 0 heterocycles. The maximum absolute atomic E-state index is 3.44. The number of anilines is 2. The summed E-state index contributed by atoms with van der Waals surface area (Å²) in [6.07, 6.45) is 1.08. The predicted octanol–water partition coefficient (Wildman–Crippen LogP) is 4.51. The van der Waals surface area contributed by atoms with E-state index in [0.717, 1.165) is 13.0 Å². The normalized spacial score (nSPS) is 10.9. The third-order valence-corrected chi connectivity index (χ3v) is 3.77. The van der Waals surface area contributed by atoms with Crippen LogP contribution in [-0.4, -0.2) is 13.1 Å². The Hall–Kier alpha value is -1.80. The summed E-state index contributed by atoms with van der Waals surface area (Å²) in [7, 11) is 2.11. The summed E-state index contributed by atoms with van der Waals surface area (Å²) in [4.78, 5) is 2.22. The van der Waals surface area contributed by atoms with Crippen molar-refractivity contribution in [3.63, 3.8) is 0 Å². The molecule has 0 aliphatic heterocycles. The molecule has 0 radical (unpaired) electrons. The molecule has 0 saturated heterocycles. The molecule has 2 aromatic rings. The monoisotopic (exact) mass is 282 g/mol. The van der Waals surface area contributed by atoms with Crippen LogP contribution in [0, 0.1) is 0 Å². The molecule has 0 aromatic heterocycles. The van der Waals surface area contributed by atoms with E-state index in [1.165, 1.54) is 22.5 Å². The number of aryl methyl sites for hydroxylation is 1. The summed E-state index contributed by atoms with van der Waals surface area (Å²) in [5, 5.41) is 3.44. The first-order valence-corrected chi connectivity index (χ1v) is 7.75. The number of nitrogens with zero attached hydrogens (tertiary/aromatic N) is 1. The van der Waals surface area contributed by atoms with Crippen LogP contribution in [0.4, 0.5) is 11.4 Å². The van der Waals surface area contributed by atoms with Crippen molar-refractivity contribution in [2.45, 2.75) is 39.8 Å². The van der Waals surface area contributed by atoms with Crippen LogP contribution < -0.4 is 10.2 Å². The first-order chi connectivity index (χ1) is 10.1. The van der Waals surface area contributed by atoms with Crippen molar-refractivity contribution in [3.05, 3.63) is 59.7 Å². The van der Waals surface area contributed by atoms with E-state index in [-0.39, 0.29) is 0 Å². The molecule has 1 N–H and O–H groups in total. The third kappa shape index (κ3) is 4.33. The van der Waals surface area contributed by atoms with E-state index in [1.807, 2.05) is 0 Å². The van der Waals surface area contributed by atoms with Crippen molar-refractivity contribution in [2.75, 3.05) is 11.9 Å². The molecule has 2 heteroatoms. The van der Waals surface area contributed by atoms with Crippen LogP contribution in [0.5, 0.6) is 0 Å². The third-order valence-electron chi connectivity index (χ3n) is 3.77. The van der Waals surface area contributed by atoms with Gasteiger partial charge in [-0.05, 0) is 41.8 Å². The fourth-order valence-electron chi connectivity index (χ4n) is 2.26. The lowest BCUT2D eigenvalue weighted by Crippen LogP contribution is -2.21. The molecular weight excluding hydrogens is 256 g/mol. The second-order valence-corrected chi connectivity index (χ2v) is 5.78. The standard InChI is InChI=1S/C19H26N2/c1-5-16-6-10-18(11-7-16)21(4)19-12-8-17(9-13-19)14-20-15(2)3/h6-13,15,20H,5,14H2,1-4H3. The molecule has 0 bridgehead atoms. The zero-order valence-electron chi connectivity index (χ0n) is 13.6. The highest BCUT2D eigenvalue weighted by molar-refractivity contribution is 5.62. The summed E-state index contributed by atoms with van der Waals surface area (Å²) >= 11 is 0. The van der Waals surface area contributed by atoms with Crippen LogP contribution >= 0.6 is 0 Å². The van der Waals surface area contributed by atoms with E-state index >= 15 is 0 Å². The summed E-state index contributed by atoms with van der Waals surface area (Å²) in [6, 6.07) is 18.1. The second kappa shape index (κ2) is 7.28. The molecule has 0 saturated carbocycles. The van der Waals surface area contributed by atoms with Gasteiger partial charge in [0.15, 0.2) is 0 Å². The van der Waals surface area contributed by atoms with Crippen molar-refractivity contribution in [2.24, 2.45) is 0 Å². The summed E-state index contributed by atoms with van der Waals surface area (Å²) in [5.74, 6) is 0. The van der Waals surface area contributed by atoms with Gasteiger partial charge in [-0.3, -0.25) is 0 Å². The van der Waals surface area contributed by atoms with Crippen molar-refractivity contribution in [3.8, 4) is 0 Å². The largest absolute Gasteiger partial charge is 0.345 e. The smallest absolute Gasteiger partial charge is 0.0408 e. The van der Waals surface area contributed by atoms with E-state index < -0.39 is 0 Å². The molecule has 21 heavy (non-hydrogen) atoms. The van der Waals surface area contributed by atoms with Gasteiger partial charge >= 0.3 is 0 Å². The van der Waals surface area contributed by atoms with Crippen molar-refractivity contribution in [1.29, 1.82) is 0 Å². The van der Waals surface area contributed by atoms with E-state index in [4.69, 9.17) is 0 Å². The zero-order chi connectivity index (χ0) is 15.2. The van der Waals surface area contributed by atoms with Gasteiger partial charge in [0, 0.05) is 31.0 Å². The molecule has 0 atom stereocenters. The van der Waals surface area contributed by atoms with Gasteiger partial charge in [-0.2, -0.15) is 0 Å². The Morgan fingerprint density at radius 1 is 0.857 bits per heavy atom. The molecule has 2 nitrogen and oxygen atoms in total. The first-order valence-electron chi connectivity index (χ1n) is 7.75. The van der Waals surface area contributed by atoms with E-state index in [0.29, 0.717) is 6.04 Å². The van der Waals surface area contributed by atoms with Gasteiger partial charge in [-0.25, -0.2) is 0 Å². The molecule has 0 spiro atoms. The summed E-state index contributed by atoms with van der Waals surface area (Å²) < 4.78 is 0. The van der Waals surface area contributed by atoms with E-state index in [2.05, 4.69) is 86.6 Å². The van der Waals surface area contributed by atoms with Gasteiger partial charge in [-0.1, -0.05) is 45.0 Å². The molecule has 0 amide bonds. The summed E-state index contributed by atoms with van der Waals surface area (Å²) in [5.41, 5.74) is 5.14. The zero-order valence-corrected chi connectivity index (χ0v) is 13.6. The number of rotatable bonds is 6. The van der Waals surface area contributed by atoms with E-state index in [1.54, 1.807) is 0 Å². The van der Waals surface area contributed by atoms with Crippen molar-refractivity contribution < 1.29 is 0 Å². The number of nitrogens with one attached hydrogen (secondary N) is 1. The second-order valence-electron chi connectivity index (χ2n) is 5.78. The maximum Gasteiger partial charge on any atom is 0.0408 e. The Labute approximate surface area is 128 Å². The number of hydrogen-bond acceptors (Lipinski definition) is 2. The first kappa shape index (κ1) is 15.6. The van der Waals surface area contributed by atoms with Gasteiger partial charge in [0.2, 0.25) is 0 Å². The quantitative estimate of drug-likeness (QED) is 0.838. The van der Waals surface area contributed by atoms with Gasteiger partial charge in [0.1, 0.15) is 0 Å². The molecule has 0 aliphatic rings. The minimum Gasteiger partial charge on any atom is -0.345 e. The van der Waals surface area contributed by atoms with Crippen LogP contribution in [0.2, 0.25) is 0 Å². The molecule has 2 rings (SSSR count). The van der Waals surface area contributed by atoms with Crippen LogP contribution in [0.15, 0.2) is 48.5 Å². The van der Waals surface area contributed by atoms with Crippen LogP contribution in [0.25, 0.3) is 0 Å². The lowest BCUT2D eigenvalue weighted by molar-refractivity contribution is 0.589. The Morgan fingerprint density at radius 2 is 1.33 bits per heavy atom.